The van der Waals surface area contributed by atoms with Gasteiger partial charge >= 0.3 is 6.01 Å². The molecule has 0 bridgehead atoms. The van der Waals surface area contributed by atoms with Crippen LogP contribution in [0.25, 0.3) is 0 Å². The van der Waals surface area contributed by atoms with Crippen LogP contribution < -0.4 is 9.64 Å². The molecule has 1 aromatic heterocycles. The lowest BCUT2D eigenvalue weighted by Gasteiger charge is -2.39. The van der Waals surface area contributed by atoms with E-state index < -0.39 is 5.60 Å². The van der Waals surface area contributed by atoms with Crippen molar-refractivity contribution in [2.24, 2.45) is 0 Å². The first kappa shape index (κ1) is 23.2. The van der Waals surface area contributed by atoms with Crippen molar-refractivity contribution in [3.05, 3.63) is 47.2 Å². The Labute approximate surface area is 209 Å². The number of anilines is 1. The molecule has 0 saturated carbocycles. The Hall–Kier alpha value is -2.22. The average molecular weight is 478 g/mol. The van der Waals surface area contributed by atoms with Crippen LogP contribution in [0.5, 0.6) is 6.01 Å². The van der Waals surface area contributed by atoms with Crippen molar-refractivity contribution >= 4 is 5.82 Å². The lowest BCUT2D eigenvalue weighted by Crippen LogP contribution is -2.47. The van der Waals surface area contributed by atoms with Crippen LogP contribution >= 0.6 is 0 Å². The molecule has 188 valence electrons. The molecule has 3 saturated heterocycles. The molecule has 5 heterocycles. The summed E-state index contributed by atoms with van der Waals surface area (Å²) in [4.78, 5) is 17.4. The highest BCUT2D eigenvalue weighted by Crippen LogP contribution is 2.39. The summed E-state index contributed by atoms with van der Waals surface area (Å²) in [6.45, 7) is 9.25. The molecule has 0 amide bonds. The van der Waals surface area contributed by atoms with Crippen molar-refractivity contribution in [2.75, 3.05) is 44.2 Å². The summed E-state index contributed by atoms with van der Waals surface area (Å²) in [5.41, 5.74) is 3.15. The van der Waals surface area contributed by atoms with E-state index in [0.717, 1.165) is 57.0 Å². The Kier molecular flexibility index (Phi) is 6.19. The number of benzene rings is 1. The second-order valence-corrected chi connectivity index (χ2v) is 11.4. The molecule has 4 aliphatic rings. The van der Waals surface area contributed by atoms with Crippen molar-refractivity contribution in [1.29, 1.82) is 0 Å². The van der Waals surface area contributed by atoms with E-state index in [-0.39, 0.29) is 5.54 Å². The number of aromatic nitrogens is 2. The molecule has 7 nitrogen and oxygen atoms in total. The Morgan fingerprint density at radius 1 is 0.971 bits per heavy atom. The molecule has 6 rings (SSSR count). The summed E-state index contributed by atoms with van der Waals surface area (Å²) < 4.78 is 6.43. The molecule has 35 heavy (non-hydrogen) atoms. The summed E-state index contributed by atoms with van der Waals surface area (Å²) in [5.74, 6) is 0.983. The van der Waals surface area contributed by atoms with E-state index in [2.05, 4.69) is 45.0 Å². The van der Waals surface area contributed by atoms with Crippen LogP contribution in [0.3, 0.4) is 0 Å². The highest BCUT2D eigenvalue weighted by Gasteiger charge is 2.45. The van der Waals surface area contributed by atoms with Gasteiger partial charge in [-0.15, -0.1) is 0 Å². The summed E-state index contributed by atoms with van der Waals surface area (Å²) in [6.07, 6.45) is 7.68. The maximum absolute atomic E-state index is 10.8. The number of fused-ring (bicyclic) bond motifs is 2. The quantitative estimate of drug-likeness (QED) is 0.684. The lowest BCUT2D eigenvalue weighted by molar-refractivity contribution is 0.0445. The predicted octanol–water partition coefficient (Wildman–Crippen LogP) is 3.39. The number of hydrogen-bond acceptors (Lipinski definition) is 7. The van der Waals surface area contributed by atoms with Gasteiger partial charge in [-0.25, -0.2) is 0 Å². The zero-order valence-electron chi connectivity index (χ0n) is 21.1. The smallest absolute Gasteiger partial charge is 0.318 e. The third-order valence-electron chi connectivity index (χ3n) is 8.61. The third-order valence-corrected chi connectivity index (χ3v) is 8.61. The monoisotopic (exact) mass is 477 g/mol. The van der Waals surface area contributed by atoms with Crippen LogP contribution in [0.4, 0.5) is 5.82 Å². The minimum absolute atomic E-state index is 0.174. The van der Waals surface area contributed by atoms with Gasteiger partial charge in [-0.3, -0.25) is 9.80 Å². The van der Waals surface area contributed by atoms with E-state index in [1.165, 1.54) is 49.9 Å². The molecule has 4 aliphatic heterocycles. The number of aliphatic hydroxyl groups is 1. The van der Waals surface area contributed by atoms with Gasteiger partial charge in [0.2, 0.25) is 0 Å². The van der Waals surface area contributed by atoms with Gasteiger partial charge in [-0.1, -0.05) is 30.3 Å². The van der Waals surface area contributed by atoms with E-state index in [4.69, 9.17) is 14.7 Å². The molecular weight excluding hydrogens is 438 g/mol. The van der Waals surface area contributed by atoms with Gasteiger partial charge < -0.3 is 14.7 Å². The SMILES string of the molecule is CC1(O)CCCN(c2nc(OCC34CCCN3CCC4)nc3c2CCN(Cc2ccccc2)C3)C1. The topological polar surface area (TPSA) is 65.0 Å². The van der Waals surface area contributed by atoms with Gasteiger partial charge in [0.05, 0.1) is 16.8 Å². The number of piperidine rings is 1. The molecular formula is C28H39N5O2. The molecule has 1 unspecified atom stereocenters. The van der Waals surface area contributed by atoms with Crippen LogP contribution in [0, 0.1) is 0 Å². The minimum Gasteiger partial charge on any atom is -0.461 e. The second-order valence-electron chi connectivity index (χ2n) is 11.4. The Balaban J connectivity index is 1.27. The highest BCUT2D eigenvalue weighted by molar-refractivity contribution is 5.52. The first-order valence-corrected chi connectivity index (χ1v) is 13.5. The van der Waals surface area contributed by atoms with Crippen LogP contribution in [0.2, 0.25) is 0 Å². The maximum atomic E-state index is 10.8. The fourth-order valence-electron chi connectivity index (χ4n) is 6.81. The van der Waals surface area contributed by atoms with Crippen molar-refractivity contribution < 1.29 is 9.84 Å². The second kappa shape index (κ2) is 9.34. The van der Waals surface area contributed by atoms with Crippen LogP contribution in [0.1, 0.15) is 62.3 Å². The van der Waals surface area contributed by atoms with E-state index in [0.29, 0.717) is 19.2 Å². The molecule has 1 atom stereocenters. The van der Waals surface area contributed by atoms with Gasteiger partial charge in [-0.05, 0) is 70.5 Å². The molecule has 3 fully saturated rings. The first-order valence-electron chi connectivity index (χ1n) is 13.5. The van der Waals surface area contributed by atoms with Crippen molar-refractivity contribution in [1.82, 2.24) is 19.8 Å². The standard InChI is InChI=1S/C28H39N5O2/c1-27(34)11-5-14-32(20-27)25-23-10-17-31(18-22-8-3-2-4-9-22)19-24(23)29-26(30-25)35-21-28-12-6-15-33(28)16-7-13-28/h2-4,8-9,34H,5-7,10-21H2,1H3. The summed E-state index contributed by atoms with van der Waals surface area (Å²) in [5, 5.41) is 10.8. The van der Waals surface area contributed by atoms with Gasteiger partial charge in [0.15, 0.2) is 0 Å². The van der Waals surface area contributed by atoms with Crippen molar-refractivity contribution in [2.45, 2.75) is 76.1 Å². The normalized spacial score (nSPS) is 26.5. The Morgan fingerprint density at radius 2 is 1.74 bits per heavy atom. The zero-order chi connectivity index (χ0) is 23.9. The minimum atomic E-state index is -0.682. The largest absolute Gasteiger partial charge is 0.461 e. The molecule has 0 aliphatic carbocycles. The fourth-order valence-corrected chi connectivity index (χ4v) is 6.81. The molecule has 7 heteroatoms. The molecule has 0 radical (unpaired) electrons. The Morgan fingerprint density at radius 3 is 2.51 bits per heavy atom. The third kappa shape index (κ3) is 4.78. The van der Waals surface area contributed by atoms with E-state index >= 15 is 0 Å². The fraction of sp³-hybridized carbons (Fsp3) is 0.643. The summed E-state index contributed by atoms with van der Waals surface area (Å²) in [7, 11) is 0. The van der Waals surface area contributed by atoms with Gasteiger partial charge in [0.1, 0.15) is 12.4 Å². The predicted molar refractivity (Wildman–Crippen MR) is 137 cm³/mol. The van der Waals surface area contributed by atoms with Crippen molar-refractivity contribution in [3.8, 4) is 6.01 Å². The van der Waals surface area contributed by atoms with Gasteiger partial charge in [-0.2, -0.15) is 9.97 Å². The van der Waals surface area contributed by atoms with Crippen LogP contribution in [-0.2, 0) is 19.5 Å². The molecule has 1 aromatic carbocycles. The number of rotatable bonds is 6. The number of nitrogens with zero attached hydrogens (tertiary/aromatic N) is 5. The molecule has 2 aromatic rings. The average Bonchev–Trinajstić information content (AvgIpc) is 3.43. The highest BCUT2D eigenvalue weighted by atomic mass is 16.5. The number of ether oxygens (including phenoxy) is 1. The van der Waals surface area contributed by atoms with E-state index in [1.54, 1.807) is 0 Å². The van der Waals surface area contributed by atoms with Crippen LogP contribution in [0.15, 0.2) is 30.3 Å². The van der Waals surface area contributed by atoms with E-state index in [9.17, 15) is 5.11 Å². The van der Waals surface area contributed by atoms with Gasteiger partial charge in [0, 0.05) is 38.3 Å². The summed E-state index contributed by atoms with van der Waals surface area (Å²) in [6, 6.07) is 11.2. The molecule has 0 spiro atoms. The number of β-amino-alcohol motifs (C(OH)–C–C–N with tert-alkyl or cyclic N) is 1. The zero-order valence-corrected chi connectivity index (χ0v) is 21.1. The van der Waals surface area contributed by atoms with Crippen LogP contribution in [-0.4, -0.2) is 75.3 Å². The van der Waals surface area contributed by atoms with Crippen molar-refractivity contribution in [3.63, 3.8) is 0 Å². The maximum Gasteiger partial charge on any atom is 0.318 e. The van der Waals surface area contributed by atoms with E-state index in [1.807, 2.05) is 6.92 Å². The molecule has 1 N–H and O–H groups in total. The summed E-state index contributed by atoms with van der Waals surface area (Å²) >= 11 is 0. The van der Waals surface area contributed by atoms with Gasteiger partial charge in [0.25, 0.3) is 0 Å². The first-order chi connectivity index (χ1) is 17.0. The Bertz CT molecular complexity index is 1030. The number of hydrogen-bond donors (Lipinski definition) is 1. The lowest BCUT2D eigenvalue weighted by atomic mass is 9.94.